The van der Waals surface area contributed by atoms with Crippen LogP contribution in [0.25, 0.3) is 0 Å². The van der Waals surface area contributed by atoms with Crippen LogP contribution in [0.15, 0.2) is 29.2 Å². The minimum absolute atomic E-state index is 0.00447. The normalized spacial score (nSPS) is 12.4. The van der Waals surface area contributed by atoms with Gasteiger partial charge in [0.05, 0.1) is 18.4 Å². The second-order valence-corrected chi connectivity index (χ2v) is 5.72. The van der Waals surface area contributed by atoms with Gasteiger partial charge in [0.15, 0.2) is 0 Å². The van der Waals surface area contributed by atoms with E-state index in [1.54, 1.807) is 6.07 Å². The van der Waals surface area contributed by atoms with Gasteiger partial charge in [0.1, 0.15) is 5.75 Å². The minimum Gasteiger partial charge on any atom is -0.497 e. The van der Waals surface area contributed by atoms with Crippen LogP contribution < -0.4 is 9.46 Å². The Bertz CT molecular complexity index is 618. The van der Waals surface area contributed by atoms with Gasteiger partial charge in [-0.25, -0.2) is 13.1 Å². The van der Waals surface area contributed by atoms with E-state index in [9.17, 15) is 13.2 Å². The first-order valence-electron chi connectivity index (χ1n) is 5.70. The van der Waals surface area contributed by atoms with Crippen molar-refractivity contribution in [1.82, 2.24) is 4.72 Å². The average Bonchev–Trinajstić information content (AvgIpc) is 2.38. The number of rotatable bonds is 7. The third-order valence-corrected chi connectivity index (χ3v) is 3.98. The summed E-state index contributed by atoms with van der Waals surface area (Å²) >= 11 is 0. The highest BCUT2D eigenvalue weighted by Gasteiger charge is 2.21. The Kier molecular flexibility index (Phi) is 5.55. The van der Waals surface area contributed by atoms with Gasteiger partial charge in [-0.05, 0) is 12.1 Å². The molecule has 0 saturated heterocycles. The molecule has 6 nitrogen and oxygen atoms in total. The summed E-state index contributed by atoms with van der Waals surface area (Å²) in [5, 5.41) is 8.74. The number of aliphatic carboxylic acids is 1. The highest BCUT2D eigenvalue weighted by atomic mass is 32.2. The lowest BCUT2D eigenvalue weighted by atomic mass is 10.2. The second kappa shape index (κ2) is 6.93. The van der Waals surface area contributed by atoms with Crippen LogP contribution in [0, 0.1) is 12.3 Å². The molecule has 0 bridgehead atoms. The van der Waals surface area contributed by atoms with Crippen molar-refractivity contribution in [1.29, 1.82) is 0 Å². The van der Waals surface area contributed by atoms with Gasteiger partial charge in [-0.1, -0.05) is 6.07 Å². The summed E-state index contributed by atoms with van der Waals surface area (Å²) in [5.74, 6) is 1.52. The van der Waals surface area contributed by atoms with Crippen LogP contribution in [0.2, 0.25) is 0 Å². The lowest BCUT2D eigenvalue weighted by Gasteiger charge is -2.15. The summed E-state index contributed by atoms with van der Waals surface area (Å²) in [5.41, 5.74) is 0. The summed E-state index contributed by atoms with van der Waals surface area (Å²) in [6.45, 7) is 0. The molecular weight excluding hydrogens is 282 g/mol. The van der Waals surface area contributed by atoms with E-state index < -0.39 is 22.0 Å². The number of carbonyl (C=O) groups is 1. The first-order valence-corrected chi connectivity index (χ1v) is 7.19. The van der Waals surface area contributed by atoms with Gasteiger partial charge in [0.25, 0.3) is 0 Å². The highest BCUT2D eigenvalue weighted by Crippen LogP contribution is 2.17. The van der Waals surface area contributed by atoms with Crippen LogP contribution in [-0.2, 0) is 14.8 Å². The quantitative estimate of drug-likeness (QED) is 0.728. The second-order valence-electron chi connectivity index (χ2n) is 4.00. The number of terminal acetylenes is 1. The number of hydrogen-bond donors (Lipinski definition) is 2. The van der Waals surface area contributed by atoms with Crippen molar-refractivity contribution in [2.75, 3.05) is 7.11 Å². The lowest BCUT2D eigenvalue weighted by Crippen LogP contribution is -2.36. The third-order valence-electron chi connectivity index (χ3n) is 2.46. The largest absolute Gasteiger partial charge is 0.497 e. The van der Waals surface area contributed by atoms with E-state index in [1.807, 2.05) is 0 Å². The molecule has 1 aromatic rings. The maximum absolute atomic E-state index is 12.1. The average molecular weight is 297 g/mol. The van der Waals surface area contributed by atoms with Crippen molar-refractivity contribution < 1.29 is 23.1 Å². The van der Waals surface area contributed by atoms with Crippen LogP contribution in [0.4, 0.5) is 0 Å². The van der Waals surface area contributed by atoms with Gasteiger partial charge in [-0.15, -0.1) is 12.3 Å². The lowest BCUT2D eigenvalue weighted by molar-refractivity contribution is -0.137. The molecule has 0 aliphatic carbocycles. The van der Waals surface area contributed by atoms with Crippen molar-refractivity contribution in [3.05, 3.63) is 24.3 Å². The SMILES string of the molecule is C#CC[C@@H](CC(=O)O)NS(=O)(=O)c1cccc(OC)c1. The monoisotopic (exact) mass is 297 g/mol. The summed E-state index contributed by atoms with van der Waals surface area (Å²) in [7, 11) is -2.43. The van der Waals surface area contributed by atoms with E-state index in [0.717, 1.165) is 0 Å². The number of benzene rings is 1. The molecule has 0 radical (unpaired) electrons. The zero-order chi connectivity index (χ0) is 15.2. The predicted molar refractivity (Wildman–Crippen MR) is 72.8 cm³/mol. The molecule has 1 atom stereocenters. The van der Waals surface area contributed by atoms with Crippen LogP contribution >= 0.6 is 0 Å². The third kappa shape index (κ3) is 4.57. The minimum atomic E-state index is -3.85. The fourth-order valence-electron chi connectivity index (χ4n) is 1.56. The molecule has 0 aliphatic rings. The number of carboxylic acids is 1. The fraction of sp³-hybridized carbons (Fsp3) is 0.308. The molecular formula is C13H15NO5S. The molecule has 0 unspecified atom stereocenters. The first-order chi connectivity index (χ1) is 9.39. The van der Waals surface area contributed by atoms with Crippen LogP contribution in [-0.4, -0.2) is 32.6 Å². The molecule has 0 spiro atoms. The van der Waals surface area contributed by atoms with E-state index >= 15 is 0 Å². The maximum Gasteiger partial charge on any atom is 0.305 e. The molecule has 0 aromatic heterocycles. The Labute approximate surface area is 117 Å². The standard InChI is InChI=1S/C13H15NO5S/c1-3-5-10(8-13(15)16)14-20(17,18)12-7-4-6-11(9-12)19-2/h1,4,6-7,9-10,14H,5,8H2,2H3,(H,15,16)/t10-/m0/s1. The summed E-state index contributed by atoms with van der Waals surface area (Å²) < 4.78 is 31.5. The molecule has 7 heteroatoms. The van der Waals surface area contributed by atoms with Crippen molar-refractivity contribution in [2.24, 2.45) is 0 Å². The van der Waals surface area contributed by atoms with Crippen LogP contribution in [0.5, 0.6) is 5.75 Å². The number of methoxy groups -OCH3 is 1. The Morgan fingerprint density at radius 2 is 2.25 bits per heavy atom. The number of nitrogens with one attached hydrogen (secondary N) is 1. The van der Waals surface area contributed by atoms with E-state index in [2.05, 4.69) is 10.6 Å². The molecule has 1 aromatic carbocycles. The zero-order valence-corrected chi connectivity index (χ0v) is 11.7. The topological polar surface area (TPSA) is 92.7 Å². The van der Waals surface area contributed by atoms with Crippen LogP contribution in [0.1, 0.15) is 12.8 Å². The van der Waals surface area contributed by atoms with Gasteiger partial charge in [0.2, 0.25) is 10.0 Å². The van der Waals surface area contributed by atoms with Crippen LogP contribution in [0.3, 0.4) is 0 Å². The van der Waals surface area contributed by atoms with Crippen molar-refractivity contribution in [3.63, 3.8) is 0 Å². The van der Waals surface area contributed by atoms with E-state index in [-0.39, 0.29) is 17.7 Å². The molecule has 0 fully saturated rings. The Morgan fingerprint density at radius 3 is 2.80 bits per heavy atom. The summed E-state index contributed by atoms with van der Waals surface area (Å²) in [6, 6.07) is 5.01. The smallest absolute Gasteiger partial charge is 0.305 e. The molecule has 0 heterocycles. The van der Waals surface area contributed by atoms with E-state index in [1.165, 1.54) is 25.3 Å². The van der Waals surface area contributed by atoms with Crippen molar-refractivity contribution in [3.8, 4) is 18.1 Å². The van der Waals surface area contributed by atoms with Gasteiger partial charge in [-0.2, -0.15) is 0 Å². The number of hydrogen-bond acceptors (Lipinski definition) is 4. The van der Waals surface area contributed by atoms with E-state index in [0.29, 0.717) is 5.75 Å². The van der Waals surface area contributed by atoms with E-state index in [4.69, 9.17) is 16.3 Å². The molecule has 0 saturated carbocycles. The van der Waals surface area contributed by atoms with Crippen molar-refractivity contribution >= 4 is 16.0 Å². The predicted octanol–water partition coefficient (Wildman–Crippen LogP) is 0.840. The molecule has 2 N–H and O–H groups in total. The first kappa shape index (κ1) is 16.0. The van der Waals surface area contributed by atoms with Gasteiger partial charge < -0.3 is 9.84 Å². The number of sulfonamides is 1. The van der Waals surface area contributed by atoms with Crippen molar-refractivity contribution in [2.45, 2.75) is 23.8 Å². The maximum atomic E-state index is 12.1. The van der Waals surface area contributed by atoms with Gasteiger partial charge in [-0.3, -0.25) is 4.79 Å². The number of carboxylic acid groups (broad SMARTS) is 1. The molecule has 1 rings (SSSR count). The molecule has 20 heavy (non-hydrogen) atoms. The molecule has 0 aliphatic heterocycles. The molecule has 0 amide bonds. The Balaban J connectivity index is 2.97. The molecule has 108 valence electrons. The number of ether oxygens (including phenoxy) is 1. The van der Waals surface area contributed by atoms with Gasteiger partial charge >= 0.3 is 5.97 Å². The zero-order valence-electron chi connectivity index (χ0n) is 10.9. The summed E-state index contributed by atoms with van der Waals surface area (Å²) in [6.07, 6.45) is 4.72. The fourth-order valence-corrected chi connectivity index (χ4v) is 2.83. The van der Waals surface area contributed by atoms with Gasteiger partial charge in [0, 0.05) is 18.5 Å². The Hall–Kier alpha value is -2.04. The summed E-state index contributed by atoms with van der Waals surface area (Å²) in [4.78, 5) is 10.7. The highest BCUT2D eigenvalue weighted by molar-refractivity contribution is 7.89. The Morgan fingerprint density at radius 1 is 1.55 bits per heavy atom.